The fraction of sp³-hybridized carbons (Fsp3) is 0.684. The van der Waals surface area contributed by atoms with E-state index < -0.39 is 17.5 Å². The van der Waals surface area contributed by atoms with Crippen LogP contribution in [0.1, 0.15) is 63.0 Å². The Morgan fingerprint density at radius 2 is 1.68 bits per heavy atom. The lowest BCUT2D eigenvalue weighted by Crippen LogP contribution is -2.27. The fourth-order valence-corrected chi connectivity index (χ4v) is 4.61. The quantitative estimate of drug-likeness (QED) is 0.617. The van der Waals surface area contributed by atoms with E-state index in [9.17, 15) is 13.2 Å². The monoisotopic (exact) mass is 310 g/mol. The molecule has 2 aliphatic rings. The van der Waals surface area contributed by atoms with Crippen LogP contribution in [0.15, 0.2) is 6.07 Å². The van der Waals surface area contributed by atoms with Crippen molar-refractivity contribution in [2.24, 2.45) is 17.8 Å². The Hall–Kier alpha value is -0.990. The van der Waals surface area contributed by atoms with Gasteiger partial charge in [-0.3, -0.25) is 0 Å². The van der Waals surface area contributed by atoms with Crippen LogP contribution in [0.3, 0.4) is 0 Å². The Kier molecular flexibility index (Phi) is 4.79. The largest absolute Gasteiger partial charge is 0.204 e. The van der Waals surface area contributed by atoms with Crippen molar-refractivity contribution in [1.82, 2.24) is 0 Å². The Bertz CT molecular complexity index is 530. The van der Waals surface area contributed by atoms with Gasteiger partial charge in [-0.15, -0.1) is 0 Å². The minimum absolute atomic E-state index is 0.412. The highest BCUT2D eigenvalue weighted by Crippen LogP contribution is 2.41. The molecule has 0 N–H and O–H groups in total. The molecule has 1 fully saturated rings. The third kappa shape index (κ3) is 3.04. The lowest BCUT2D eigenvalue weighted by Gasteiger charge is -2.36. The summed E-state index contributed by atoms with van der Waals surface area (Å²) in [7, 11) is 0. The molecule has 0 spiro atoms. The van der Waals surface area contributed by atoms with Crippen molar-refractivity contribution < 1.29 is 13.2 Å². The highest BCUT2D eigenvalue weighted by Gasteiger charge is 2.32. The zero-order valence-electron chi connectivity index (χ0n) is 13.3. The van der Waals surface area contributed by atoms with Crippen molar-refractivity contribution in [3.63, 3.8) is 0 Å². The molecule has 0 saturated heterocycles. The van der Waals surface area contributed by atoms with Crippen molar-refractivity contribution >= 4 is 0 Å². The normalized spacial score (nSPS) is 28.5. The second-order valence-corrected chi connectivity index (χ2v) is 7.20. The summed E-state index contributed by atoms with van der Waals surface area (Å²) in [6.07, 6.45) is 9.87. The first-order valence-electron chi connectivity index (χ1n) is 8.75. The highest BCUT2D eigenvalue weighted by atomic mass is 19.2. The Labute approximate surface area is 131 Å². The molecule has 0 amide bonds. The third-order valence-corrected chi connectivity index (χ3v) is 5.86. The van der Waals surface area contributed by atoms with E-state index in [-0.39, 0.29) is 0 Å². The van der Waals surface area contributed by atoms with Crippen molar-refractivity contribution in [3.8, 4) is 0 Å². The third-order valence-electron chi connectivity index (χ3n) is 5.86. The number of halogens is 3. The Balaban J connectivity index is 1.68. The topological polar surface area (TPSA) is 0 Å². The maximum atomic E-state index is 13.8. The summed E-state index contributed by atoms with van der Waals surface area (Å²) in [6, 6.07) is 1.22. The molecule has 3 heteroatoms. The molecule has 1 saturated carbocycles. The fourth-order valence-electron chi connectivity index (χ4n) is 4.61. The predicted octanol–water partition coefficient (Wildman–Crippen LogP) is 5.82. The van der Waals surface area contributed by atoms with E-state index in [1.165, 1.54) is 44.6 Å². The second-order valence-electron chi connectivity index (χ2n) is 7.20. The molecule has 0 heterocycles. The van der Waals surface area contributed by atoms with Crippen LogP contribution in [-0.4, -0.2) is 0 Å². The average Bonchev–Trinajstić information content (AvgIpc) is 2.53. The number of fused-ring (bicyclic) bond motifs is 1. The summed E-state index contributed by atoms with van der Waals surface area (Å²) in [5, 5.41) is 0. The summed E-state index contributed by atoms with van der Waals surface area (Å²) < 4.78 is 40.6. The molecule has 0 unspecified atom stereocenters. The molecular weight excluding hydrogens is 285 g/mol. The van der Waals surface area contributed by atoms with Crippen LogP contribution in [0.25, 0.3) is 0 Å². The number of benzene rings is 1. The first-order chi connectivity index (χ1) is 10.6. The molecule has 2 aliphatic carbocycles. The lowest BCUT2D eigenvalue weighted by molar-refractivity contribution is 0.183. The number of hydrogen-bond donors (Lipinski definition) is 0. The molecule has 0 radical (unpaired) electrons. The van der Waals surface area contributed by atoms with Crippen molar-refractivity contribution in [3.05, 3.63) is 34.6 Å². The molecule has 0 aliphatic heterocycles. The van der Waals surface area contributed by atoms with Crippen molar-refractivity contribution in [2.75, 3.05) is 0 Å². The maximum Gasteiger partial charge on any atom is 0.194 e. The molecule has 0 bridgehead atoms. The van der Waals surface area contributed by atoms with Crippen LogP contribution in [0.2, 0.25) is 0 Å². The van der Waals surface area contributed by atoms with E-state index in [2.05, 4.69) is 6.92 Å². The molecule has 1 atom stereocenters. The van der Waals surface area contributed by atoms with Gasteiger partial charge in [-0.2, -0.15) is 0 Å². The van der Waals surface area contributed by atoms with Crippen molar-refractivity contribution in [2.45, 2.75) is 64.7 Å². The van der Waals surface area contributed by atoms with E-state index in [0.717, 1.165) is 12.3 Å². The average molecular weight is 310 g/mol. The maximum absolute atomic E-state index is 13.8. The van der Waals surface area contributed by atoms with E-state index in [1.807, 2.05) is 0 Å². The van der Waals surface area contributed by atoms with Gasteiger partial charge in [0.2, 0.25) is 0 Å². The Morgan fingerprint density at radius 1 is 0.955 bits per heavy atom. The minimum Gasteiger partial charge on any atom is -0.204 e. The molecule has 0 nitrogen and oxygen atoms in total. The highest BCUT2D eigenvalue weighted by molar-refractivity contribution is 5.33. The SMILES string of the molecule is CCCC1CCC([C@@H]2CCc3c(cc(F)c(F)c3F)C2)CC1. The van der Waals surface area contributed by atoms with Gasteiger partial charge in [-0.05, 0) is 67.1 Å². The van der Waals surface area contributed by atoms with E-state index in [4.69, 9.17) is 0 Å². The first-order valence-corrected chi connectivity index (χ1v) is 8.75. The van der Waals surface area contributed by atoms with Crippen LogP contribution in [0, 0.1) is 35.2 Å². The second kappa shape index (κ2) is 6.64. The smallest absolute Gasteiger partial charge is 0.194 e. The summed E-state index contributed by atoms with van der Waals surface area (Å²) >= 11 is 0. The van der Waals surface area contributed by atoms with E-state index in [1.54, 1.807) is 0 Å². The molecule has 122 valence electrons. The van der Waals surface area contributed by atoms with Crippen LogP contribution in [0.4, 0.5) is 13.2 Å². The van der Waals surface area contributed by atoms with Gasteiger partial charge in [-0.1, -0.05) is 32.6 Å². The number of rotatable bonds is 3. The summed E-state index contributed by atoms with van der Waals surface area (Å²) in [5.74, 6) is -1.24. The van der Waals surface area contributed by atoms with Gasteiger partial charge in [0.25, 0.3) is 0 Å². The molecule has 22 heavy (non-hydrogen) atoms. The Morgan fingerprint density at radius 3 is 2.36 bits per heavy atom. The summed E-state index contributed by atoms with van der Waals surface area (Å²) in [6.45, 7) is 2.24. The van der Waals surface area contributed by atoms with Crippen LogP contribution in [-0.2, 0) is 12.8 Å². The molecule has 0 aromatic heterocycles. The van der Waals surface area contributed by atoms with Gasteiger partial charge in [0.15, 0.2) is 17.5 Å². The summed E-state index contributed by atoms with van der Waals surface area (Å²) in [4.78, 5) is 0. The van der Waals surface area contributed by atoms with Gasteiger partial charge >= 0.3 is 0 Å². The standard InChI is InChI=1S/C19H25F3/c1-2-3-12-4-6-13(7-5-12)14-8-9-16-15(10-14)11-17(20)19(22)18(16)21/h11-14H,2-10H2,1H3/t12?,13?,14-/m1/s1. The zero-order chi connectivity index (χ0) is 15.7. The van der Waals surface area contributed by atoms with Gasteiger partial charge < -0.3 is 0 Å². The lowest BCUT2D eigenvalue weighted by atomic mass is 9.69. The van der Waals surface area contributed by atoms with Gasteiger partial charge in [0.05, 0.1) is 0 Å². The zero-order valence-corrected chi connectivity index (χ0v) is 13.3. The number of hydrogen-bond acceptors (Lipinski definition) is 0. The van der Waals surface area contributed by atoms with Crippen LogP contribution < -0.4 is 0 Å². The van der Waals surface area contributed by atoms with E-state index >= 15 is 0 Å². The van der Waals surface area contributed by atoms with Crippen molar-refractivity contribution in [1.29, 1.82) is 0 Å². The minimum atomic E-state index is -1.31. The van der Waals surface area contributed by atoms with Crippen LogP contribution >= 0.6 is 0 Å². The summed E-state index contributed by atoms with van der Waals surface area (Å²) in [5.41, 5.74) is 1.11. The molecule has 1 aromatic carbocycles. The molecule has 3 rings (SSSR count). The predicted molar refractivity (Wildman–Crippen MR) is 82.2 cm³/mol. The molecular formula is C19H25F3. The van der Waals surface area contributed by atoms with Gasteiger partial charge in [0, 0.05) is 0 Å². The van der Waals surface area contributed by atoms with Gasteiger partial charge in [0.1, 0.15) is 0 Å². The van der Waals surface area contributed by atoms with Gasteiger partial charge in [-0.25, -0.2) is 13.2 Å². The van der Waals surface area contributed by atoms with Crippen LogP contribution in [0.5, 0.6) is 0 Å². The first kappa shape index (κ1) is 15.9. The van der Waals surface area contributed by atoms with E-state index in [0.29, 0.717) is 35.8 Å². The molecule has 1 aromatic rings.